The highest BCUT2D eigenvalue weighted by atomic mass is 16.6. The first-order chi connectivity index (χ1) is 10.0. The number of ether oxygens (including phenoxy) is 1. The van der Waals surface area contributed by atoms with Crippen molar-refractivity contribution in [2.24, 2.45) is 0 Å². The van der Waals surface area contributed by atoms with Crippen molar-refractivity contribution in [3.8, 4) is 0 Å². The Labute approximate surface area is 123 Å². The molecule has 0 saturated carbocycles. The lowest BCUT2D eigenvalue weighted by Crippen LogP contribution is -2.30. The molecule has 0 radical (unpaired) electrons. The van der Waals surface area contributed by atoms with E-state index in [1.807, 2.05) is 13.0 Å². The minimum Gasteiger partial charge on any atom is -0.383 e. The maximum atomic E-state index is 11.5. The van der Waals surface area contributed by atoms with Crippen molar-refractivity contribution in [3.63, 3.8) is 0 Å². The molecule has 1 unspecified atom stereocenters. The van der Waals surface area contributed by atoms with Crippen LogP contribution in [0.5, 0.6) is 0 Å². The Kier molecular flexibility index (Phi) is 7.34. The second kappa shape index (κ2) is 9.04. The maximum Gasteiger partial charge on any atom is 0.269 e. The highest BCUT2D eigenvalue weighted by molar-refractivity contribution is 5.76. The third kappa shape index (κ3) is 6.33. The molecule has 0 heterocycles. The van der Waals surface area contributed by atoms with Crippen molar-refractivity contribution in [1.82, 2.24) is 10.6 Å². The Bertz CT molecular complexity index is 479. The third-order valence-corrected chi connectivity index (χ3v) is 3.01. The molecular formula is C14H21N3O4. The van der Waals surface area contributed by atoms with Crippen molar-refractivity contribution in [1.29, 1.82) is 0 Å². The van der Waals surface area contributed by atoms with Gasteiger partial charge in [-0.1, -0.05) is 12.1 Å². The number of hydrogen-bond donors (Lipinski definition) is 2. The molecule has 0 saturated heterocycles. The molecule has 0 aromatic heterocycles. The van der Waals surface area contributed by atoms with Gasteiger partial charge in [0, 0.05) is 44.8 Å². The summed E-state index contributed by atoms with van der Waals surface area (Å²) >= 11 is 0. The quantitative estimate of drug-likeness (QED) is 0.408. The molecule has 21 heavy (non-hydrogen) atoms. The first kappa shape index (κ1) is 17.1. The van der Waals surface area contributed by atoms with Gasteiger partial charge in [0.25, 0.3) is 5.69 Å². The molecule has 0 spiro atoms. The molecule has 1 aromatic carbocycles. The normalized spacial score (nSPS) is 11.9. The number of nitrogens with one attached hydrogen (secondary N) is 2. The summed E-state index contributed by atoms with van der Waals surface area (Å²) in [5.41, 5.74) is 0.891. The highest BCUT2D eigenvalue weighted by Crippen LogP contribution is 2.18. The van der Waals surface area contributed by atoms with Gasteiger partial charge in [0.05, 0.1) is 11.5 Å². The Balaban J connectivity index is 2.36. The van der Waals surface area contributed by atoms with E-state index in [1.165, 1.54) is 12.1 Å². The topological polar surface area (TPSA) is 93.5 Å². The van der Waals surface area contributed by atoms with E-state index in [-0.39, 0.29) is 17.6 Å². The van der Waals surface area contributed by atoms with Crippen molar-refractivity contribution in [2.45, 2.75) is 19.4 Å². The zero-order chi connectivity index (χ0) is 15.7. The van der Waals surface area contributed by atoms with Crippen LogP contribution in [0.2, 0.25) is 0 Å². The van der Waals surface area contributed by atoms with Crippen LogP contribution in [0.3, 0.4) is 0 Å². The Morgan fingerprint density at radius 3 is 2.86 bits per heavy atom. The molecule has 7 nitrogen and oxygen atoms in total. The van der Waals surface area contributed by atoms with Gasteiger partial charge in [0.2, 0.25) is 5.91 Å². The van der Waals surface area contributed by atoms with E-state index in [9.17, 15) is 14.9 Å². The summed E-state index contributed by atoms with van der Waals surface area (Å²) in [5, 5.41) is 16.6. The number of carbonyl (C=O) groups is 1. The van der Waals surface area contributed by atoms with Crippen molar-refractivity contribution < 1.29 is 14.5 Å². The average molecular weight is 295 g/mol. The van der Waals surface area contributed by atoms with Crippen molar-refractivity contribution in [2.75, 3.05) is 26.8 Å². The third-order valence-electron chi connectivity index (χ3n) is 3.01. The number of nitro benzene ring substituents is 1. The monoisotopic (exact) mass is 295 g/mol. The van der Waals surface area contributed by atoms with E-state index in [4.69, 9.17) is 4.74 Å². The number of non-ortho nitro benzene ring substituents is 1. The van der Waals surface area contributed by atoms with Crippen LogP contribution in [0, 0.1) is 10.1 Å². The lowest BCUT2D eigenvalue weighted by molar-refractivity contribution is -0.384. The fourth-order valence-electron chi connectivity index (χ4n) is 1.81. The summed E-state index contributed by atoms with van der Waals surface area (Å²) < 4.78 is 4.84. The number of amides is 1. The number of hydrogen-bond acceptors (Lipinski definition) is 5. The standard InChI is InChI=1S/C14H21N3O4/c1-11(12-4-3-5-13(10-12)17(19)20)15-7-6-14(18)16-8-9-21-2/h3-5,10-11,15H,6-9H2,1-2H3,(H,16,18). The molecule has 0 aliphatic rings. The zero-order valence-electron chi connectivity index (χ0n) is 12.3. The SMILES string of the molecule is COCCNC(=O)CCNC(C)c1cccc([N+](=O)[O-])c1. The van der Waals surface area contributed by atoms with E-state index >= 15 is 0 Å². The molecule has 1 atom stereocenters. The van der Waals surface area contributed by atoms with Crippen molar-refractivity contribution >= 4 is 11.6 Å². The van der Waals surface area contributed by atoms with E-state index < -0.39 is 4.92 Å². The van der Waals surface area contributed by atoms with E-state index in [2.05, 4.69) is 10.6 Å². The first-order valence-electron chi connectivity index (χ1n) is 6.78. The minimum atomic E-state index is -0.417. The summed E-state index contributed by atoms with van der Waals surface area (Å²) in [4.78, 5) is 21.8. The van der Waals surface area contributed by atoms with Crippen LogP contribution in [0.4, 0.5) is 5.69 Å². The van der Waals surface area contributed by atoms with Gasteiger partial charge in [0.15, 0.2) is 0 Å². The Morgan fingerprint density at radius 1 is 1.43 bits per heavy atom. The molecule has 0 bridgehead atoms. The summed E-state index contributed by atoms with van der Waals surface area (Å²) in [6.07, 6.45) is 0.350. The van der Waals surface area contributed by atoms with Gasteiger partial charge in [-0.25, -0.2) is 0 Å². The van der Waals surface area contributed by atoms with E-state index in [1.54, 1.807) is 13.2 Å². The summed E-state index contributed by atoms with van der Waals surface area (Å²) in [6, 6.07) is 6.42. The molecule has 116 valence electrons. The van der Waals surface area contributed by atoms with E-state index in [0.29, 0.717) is 26.1 Å². The largest absolute Gasteiger partial charge is 0.383 e. The molecule has 1 aromatic rings. The predicted molar refractivity (Wildman–Crippen MR) is 79.0 cm³/mol. The molecule has 0 aliphatic heterocycles. The van der Waals surface area contributed by atoms with Crippen LogP contribution in [-0.2, 0) is 9.53 Å². The molecule has 0 aliphatic carbocycles. The van der Waals surface area contributed by atoms with Gasteiger partial charge in [-0.15, -0.1) is 0 Å². The number of methoxy groups -OCH3 is 1. The van der Waals surface area contributed by atoms with Crippen LogP contribution in [0.1, 0.15) is 24.9 Å². The second-order valence-electron chi connectivity index (χ2n) is 4.62. The fourth-order valence-corrected chi connectivity index (χ4v) is 1.81. The Hall–Kier alpha value is -1.99. The number of benzene rings is 1. The van der Waals surface area contributed by atoms with Gasteiger partial charge in [-0.3, -0.25) is 14.9 Å². The van der Waals surface area contributed by atoms with Crippen LogP contribution >= 0.6 is 0 Å². The minimum absolute atomic E-state index is 0.0502. The van der Waals surface area contributed by atoms with Gasteiger partial charge >= 0.3 is 0 Å². The number of nitrogens with zero attached hydrogens (tertiary/aromatic N) is 1. The highest BCUT2D eigenvalue weighted by Gasteiger charge is 2.10. The van der Waals surface area contributed by atoms with Crippen molar-refractivity contribution in [3.05, 3.63) is 39.9 Å². The summed E-state index contributed by atoms with van der Waals surface area (Å²) in [7, 11) is 1.58. The summed E-state index contributed by atoms with van der Waals surface area (Å²) in [5.74, 6) is -0.0502. The lowest BCUT2D eigenvalue weighted by Gasteiger charge is -2.14. The van der Waals surface area contributed by atoms with Gasteiger partial charge in [0.1, 0.15) is 0 Å². The number of nitro groups is 1. The second-order valence-corrected chi connectivity index (χ2v) is 4.62. The molecule has 2 N–H and O–H groups in total. The first-order valence-corrected chi connectivity index (χ1v) is 6.78. The number of carbonyl (C=O) groups excluding carboxylic acids is 1. The van der Waals surface area contributed by atoms with Gasteiger partial charge < -0.3 is 15.4 Å². The van der Waals surface area contributed by atoms with Crippen LogP contribution in [-0.4, -0.2) is 37.6 Å². The smallest absolute Gasteiger partial charge is 0.269 e. The molecule has 1 amide bonds. The fraction of sp³-hybridized carbons (Fsp3) is 0.500. The number of rotatable bonds is 9. The van der Waals surface area contributed by atoms with Gasteiger partial charge in [-0.05, 0) is 12.5 Å². The Morgan fingerprint density at radius 2 is 2.19 bits per heavy atom. The molecule has 0 fully saturated rings. The lowest BCUT2D eigenvalue weighted by atomic mass is 10.1. The predicted octanol–water partition coefficient (Wildman–Crippen LogP) is 1.40. The van der Waals surface area contributed by atoms with Crippen LogP contribution < -0.4 is 10.6 Å². The molecule has 1 rings (SSSR count). The summed E-state index contributed by atoms with van der Waals surface area (Å²) in [6.45, 7) is 3.39. The van der Waals surface area contributed by atoms with Crippen LogP contribution in [0.15, 0.2) is 24.3 Å². The van der Waals surface area contributed by atoms with E-state index in [0.717, 1.165) is 5.56 Å². The molecular weight excluding hydrogens is 274 g/mol. The molecule has 7 heteroatoms. The maximum absolute atomic E-state index is 11.5. The van der Waals surface area contributed by atoms with Crippen LogP contribution in [0.25, 0.3) is 0 Å². The van der Waals surface area contributed by atoms with Gasteiger partial charge in [-0.2, -0.15) is 0 Å². The average Bonchev–Trinajstić information content (AvgIpc) is 2.47. The zero-order valence-corrected chi connectivity index (χ0v) is 12.3.